The number of nitrogens with zero attached hydrogens (tertiary/aromatic N) is 1. The summed E-state index contributed by atoms with van der Waals surface area (Å²) >= 11 is 0. The summed E-state index contributed by atoms with van der Waals surface area (Å²) in [5.41, 5.74) is -0.460. The highest BCUT2D eigenvalue weighted by atomic mass is 16.4. The molecule has 0 aromatic heterocycles. The van der Waals surface area contributed by atoms with Crippen molar-refractivity contribution in [3.05, 3.63) is 0 Å². The number of nitrogens with one attached hydrogen (secondary N) is 1. The first-order chi connectivity index (χ1) is 9.78. The second-order valence-corrected chi connectivity index (χ2v) is 7.52. The fraction of sp³-hybridized carbons (Fsp3) is 0.875. The molecule has 2 unspecified atom stereocenters. The van der Waals surface area contributed by atoms with Crippen molar-refractivity contribution in [2.45, 2.75) is 65.3 Å². The lowest BCUT2D eigenvalue weighted by Gasteiger charge is -2.39. The van der Waals surface area contributed by atoms with Gasteiger partial charge in [0, 0.05) is 19.1 Å². The Kier molecular flexibility index (Phi) is 4.49. The molecule has 0 bridgehead atoms. The standard InChI is InChI=1S/C16H28N2O3/c1-4-16(13(19)20)7-5-9-18(11-16)14(21)17-12-6-8-15(2,3)10-12/h12H,4-11H2,1-3H3,(H,17,21)(H,19,20). The minimum atomic E-state index is -0.774. The fourth-order valence-electron chi connectivity index (χ4n) is 3.74. The quantitative estimate of drug-likeness (QED) is 0.841. The van der Waals surface area contributed by atoms with E-state index >= 15 is 0 Å². The Balaban J connectivity index is 1.95. The first-order valence-electron chi connectivity index (χ1n) is 8.07. The van der Waals surface area contributed by atoms with Crippen LogP contribution in [0.4, 0.5) is 4.79 Å². The van der Waals surface area contributed by atoms with E-state index in [1.165, 1.54) is 0 Å². The molecule has 0 aromatic carbocycles. The van der Waals surface area contributed by atoms with Gasteiger partial charge in [0.05, 0.1) is 5.41 Å². The normalized spacial score (nSPS) is 32.0. The maximum atomic E-state index is 12.4. The van der Waals surface area contributed by atoms with E-state index in [9.17, 15) is 14.7 Å². The fourth-order valence-corrected chi connectivity index (χ4v) is 3.74. The highest BCUT2D eigenvalue weighted by Crippen LogP contribution is 2.37. The van der Waals surface area contributed by atoms with E-state index in [0.29, 0.717) is 31.3 Å². The summed E-state index contributed by atoms with van der Waals surface area (Å²) in [6.07, 6.45) is 5.16. The molecule has 1 saturated heterocycles. The number of aliphatic carboxylic acids is 1. The SMILES string of the molecule is CCC1(C(=O)O)CCCN(C(=O)NC2CCC(C)(C)C2)C1. The summed E-state index contributed by atoms with van der Waals surface area (Å²) < 4.78 is 0. The van der Waals surface area contributed by atoms with E-state index in [2.05, 4.69) is 19.2 Å². The zero-order valence-corrected chi connectivity index (χ0v) is 13.4. The van der Waals surface area contributed by atoms with Gasteiger partial charge in [0.25, 0.3) is 0 Å². The van der Waals surface area contributed by atoms with Crippen molar-refractivity contribution in [2.24, 2.45) is 10.8 Å². The number of hydrogen-bond donors (Lipinski definition) is 2. The lowest BCUT2D eigenvalue weighted by Crippen LogP contribution is -2.53. The van der Waals surface area contributed by atoms with Gasteiger partial charge < -0.3 is 15.3 Å². The van der Waals surface area contributed by atoms with Crippen LogP contribution in [0.2, 0.25) is 0 Å². The lowest BCUT2D eigenvalue weighted by atomic mass is 9.78. The molecule has 0 spiro atoms. The highest BCUT2D eigenvalue weighted by Gasteiger charge is 2.42. The summed E-state index contributed by atoms with van der Waals surface area (Å²) in [7, 11) is 0. The minimum Gasteiger partial charge on any atom is -0.481 e. The third-order valence-electron chi connectivity index (χ3n) is 5.29. The molecule has 2 amide bonds. The number of carboxylic acids is 1. The number of piperidine rings is 1. The van der Waals surface area contributed by atoms with Crippen LogP contribution in [0, 0.1) is 10.8 Å². The molecule has 1 aliphatic carbocycles. The third kappa shape index (κ3) is 3.50. The van der Waals surface area contributed by atoms with Gasteiger partial charge in [0.15, 0.2) is 0 Å². The molecule has 21 heavy (non-hydrogen) atoms. The molecule has 5 nitrogen and oxygen atoms in total. The maximum Gasteiger partial charge on any atom is 0.317 e. The number of carbonyl (C=O) groups excluding carboxylic acids is 1. The molecule has 2 rings (SSSR count). The molecule has 0 aromatic rings. The van der Waals surface area contributed by atoms with E-state index in [1.54, 1.807) is 4.90 Å². The van der Waals surface area contributed by atoms with Gasteiger partial charge in [-0.2, -0.15) is 0 Å². The van der Waals surface area contributed by atoms with Gasteiger partial charge in [-0.1, -0.05) is 20.8 Å². The Morgan fingerprint density at radius 1 is 1.33 bits per heavy atom. The van der Waals surface area contributed by atoms with Crippen molar-refractivity contribution in [3.63, 3.8) is 0 Å². The first kappa shape index (κ1) is 16.1. The monoisotopic (exact) mass is 296 g/mol. The number of rotatable bonds is 3. The second kappa shape index (κ2) is 5.85. The number of carbonyl (C=O) groups is 2. The predicted octanol–water partition coefficient (Wildman–Crippen LogP) is 2.85. The van der Waals surface area contributed by atoms with E-state index in [0.717, 1.165) is 25.7 Å². The lowest BCUT2D eigenvalue weighted by molar-refractivity contribution is -0.152. The van der Waals surface area contributed by atoms with Gasteiger partial charge in [-0.05, 0) is 43.9 Å². The van der Waals surface area contributed by atoms with Gasteiger partial charge in [0.2, 0.25) is 0 Å². The first-order valence-corrected chi connectivity index (χ1v) is 8.07. The van der Waals surface area contributed by atoms with Gasteiger partial charge in [-0.15, -0.1) is 0 Å². The molecule has 2 atom stereocenters. The summed E-state index contributed by atoms with van der Waals surface area (Å²) in [6.45, 7) is 7.35. The van der Waals surface area contributed by atoms with Crippen molar-refractivity contribution >= 4 is 12.0 Å². The number of urea groups is 1. The van der Waals surface area contributed by atoms with Crippen molar-refractivity contribution in [1.82, 2.24) is 10.2 Å². The zero-order chi connectivity index (χ0) is 15.7. The Hall–Kier alpha value is -1.26. The largest absolute Gasteiger partial charge is 0.481 e. The van der Waals surface area contributed by atoms with Crippen LogP contribution in [0.15, 0.2) is 0 Å². The van der Waals surface area contributed by atoms with Gasteiger partial charge in [0.1, 0.15) is 0 Å². The van der Waals surface area contributed by atoms with Crippen molar-refractivity contribution in [3.8, 4) is 0 Å². The van der Waals surface area contributed by atoms with Crippen LogP contribution in [0.1, 0.15) is 59.3 Å². The number of carboxylic acid groups (broad SMARTS) is 1. The third-order valence-corrected chi connectivity index (χ3v) is 5.29. The summed E-state index contributed by atoms with van der Waals surface area (Å²) in [5.74, 6) is -0.774. The Bertz CT molecular complexity index is 422. The molecule has 2 aliphatic rings. The summed E-state index contributed by atoms with van der Waals surface area (Å²) in [6, 6.07) is 0.145. The summed E-state index contributed by atoms with van der Waals surface area (Å²) in [5, 5.41) is 12.6. The van der Waals surface area contributed by atoms with Gasteiger partial charge >= 0.3 is 12.0 Å². The zero-order valence-electron chi connectivity index (χ0n) is 13.4. The Labute approximate surface area is 127 Å². The van der Waals surface area contributed by atoms with Crippen LogP contribution < -0.4 is 5.32 Å². The van der Waals surface area contributed by atoms with Crippen molar-refractivity contribution in [1.29, 1.82) is 0 Å². The minimum absolute atomic E-state index is 0.0866. The Morgan fingerprint density at radius 3 is 2.57 bits per heavy atom. The molecule has 2 N–H and O–H groups in total. The second-order valence-electron chi connectivity index (χ2n) is 7.52. The van der Waals surface area contributed by atoms with Crippen molar-refractivity contribution < 1.29 is 14.7 Å². The van der Waals surface area contributed by atoms with Crippen LogP contribution in [0.3, 0.4) is 0 Å². The van der Waals surface area contributed by atoms with E-state index in [1.807, 2.05) is 6.92 Å². The average molecular weight is 296 g/mol. The van der Waals surface area contributed by atoms with Gasteiger partial charge in [-0.25, -0.2) is 4.79 Å². The number of likely N-dealkylation sites (tertiary alicyclic amines) is 1. The van der Waals surface area contributed by atoms with Gasteiger partial charge in [-0.3, -0.25) is 4.79 Å². The molecule has 120 valence electrons. The van der Waals surface area contributed by atoms with Crippen molar-refractivity contribution in [2.75, 3.05) is 13.1 Å². The average Bonchev–Trinajstić information content (AvgIpc) is 2.77. The topological polar surface area (TPSA) is 69.6 Å². The van der Waals surface area contributed by atoms with Crippen LogP contribution >= 0.6 is 0 Å². The van der Waals surface area contributed by atoms with E-state index < -0.39 is 11.4 Å². The smallest absolute Gasteiger partial charge is 0.317 e. The summed E-state index contributed by atoms with van der Waals surface area (Å²) in [4.78, 5) is 25.7. The van der Waals surface area contributed by atoms with Crippen LogP contribution in [-0.2, 0) is 4.79 Å². The molecule has 1 aliphatic heterocycles. The van der Waals surface area contributed by atoms with Crippen LogP contribution in [0.5, 0.6) is 0 Å². The van der Waals surface area contributed by atoms with Crippen LogP contribution in [0.25, 0.3) is 0 Å². The number of amides is 2. The molecule has 1 heterocycles. The molecule has 2 fully saturated rings. The molecule has 1 saturated carbocycles. The number of hydrogen-bond acceptors (Lipinski definition) is 2. The molecular weight excluding hydrogens is 268 g/mol. The molecule has 5 heteroatoms. The Morgan fingerprint density at radius 2 is 2.05 bits per heavy atom. The molecule has 0 radical (unpaired) electrons. The van der Waals surface area contributed by atoms with Crippen LogP contribution in [-0.4, -0.2) is 41.1 Å². The maximum absolute atomic E-state index is 12.4. The molecular formula is C16H28N2O3. The predicted molar refractivity (Wildman–Crippen MR) is 81.1 cm³/mol. The van der Waals surface area contributed by atoms with E-state index in [-0.39, 0.29) is 12.1 Å². The van der Waals surface area contributed by atoms with E-state index in [4.69, 9.17) is 0 Å². The highest BCUT2D eigenvalue weighted by molar-refractivity contribution is 5.79.